The van der Waals surface area contributed by atoms with Gasteiger partial charge in [0.2, 0.25) is 11.9 Å². The highest BCUT2D eigenvalue weighted by molar-refractivity contribution is 7.99. The third kappa shape index (κ3) is 6.98. The molecule has 1 aromatic heterocycles. The second-order valence-corrected chi connectivity index (χ2v) is 11.6. The summed E-state index contributed by atoms with van der Waals surface area (Å²) in [7, 11) is 0. The molecule has 1 fully saturated rings. The minimum Gasteiger partial charge on any atom is -0.378 e. The monoisotopic (exact) mass is 487 g/mol. The van der Waals surface area contributed by atoms with Gasteiger partial charge in [0, 0.05) is 26.2 Å². The number of hydrogen-bond acceptors (Lipinski definition) is 6. The molecule has 34 heavy (non-hydrogen) atoms. The molecule has 1 aromatic carbocycles. The van der Waals surface area contributed by atoms with Crippen molar-refractivity contribution in [1.82, 2.24) is 20.1 Å². The molecule has 2 heterocycles. The standard InChI is InChI=1S/C26H41N5O2S/c1-18(2)16-31-24(30-10-12-33-13-11-30)28-29-25(31)34-17-23(32)27-9-8-22-19(3)14-21(15-20(22)4)26(5,6)7/h14-15,18H,8-13,16-17H2,1-7H3,(H,27,32). The number of benzene rings is 1. The summed E-state index contributed by atoms with van der Waals surface area (Å²) < 4.78 is 7.63. The van der Waals surface area contributed by atoms with Crippen LogP contribution in [0.25, 0.3) is 0 Å². The van der Waals surface area contributed by atoms with Gasteiger partial charge in [-0.15, -0.1) is 10.2 Å². The minimum atomic E-state index is 0.0265. The lowest BCUT2D eigenvalue weighted by atomic mass is 9.83. The Bertz CT molecular complexity index is 951. The van der Waals surface area contributed by atoms with Crippen LogP contribution in [0.4, 0.5) is 5.95 Å². The van der Waals surface area contributed by atoms with Gasteiger partial charge in [0.25, 0.3) is 0 Å². The zero-order valence-corrected chi connectivity index (χ0v) is 22.7. The highest BCUT2D eigenvalue weighted by atomic mass is 32.2. The number of carbonyl (C=O) groups is 1. The largest absolute Gasteiger partial charge is 0.378 e. The maximum Gasteiger partial charge on any atom is 0.230 e. The first-order valence-electron chi connectivity index (χ1n) is 12.3. The van der Waals surface area contributed by atoms with Crippen molar-refractivity contribution < 1.29 is 9.53 Å². The van der Waals surface area contributed by atoms with E-state index < -0.39 is 0 Å². The van der Waals surface area contributed by atoms with Gasteiger partial charge in [-0.1, -0.05) is 58.5 Å². The molecule has 0 saturated carbocycles. The summed E-state index contributed by atoms with van der Waals surface area (Å²) in [5, 5.41) is 12.7. The predicted octanol–water partition coefficient (Wildman–Crippen LogP) is 4.14. The summed E-state index contributed by atoms with van der Waals surface area (Å²) in [6, 6.07) is 4.57. The van der Waals surface area contributed by atoms with Crippen LogP contribution in [0.3, 0.4) is 0 Å². The molecule has 1 aliphatic heterocycles. The van der Waals surface area contributed by atoms with E-state index in [4.69, 9.17) is 4.74 Å². The summed E-state index contributed by atoms with van der Waals surface area (Å²) in [5.74, 6) is 1.70. The van der Waals surface area contributed by atoms with E-state index in [1.165, 1.54) is 34.0 Å². The van der Waals surface area contributed by atoms with E-state index in [-0.39, 0.29) is 11.3 Å². The van der Waals surface area contributed by atoms with Gasteiger partial charge in [-0.2, -0.15) is 0 Å². The van der Waals surface area contributed by atoms with Crippen molar-refractivity contribution in [3.05, 3.63) is 34.4 Å². The van der Waals surface area contributed by atoms with Gasteiger partial charge in [-0.25, -0.2) is 0 Å². The number of thioether (sulfide) groups is 1. The molecule has 1 amide bonds. The summed E-state index contributed by atoms with van der Waals surface area (Å²) in [6.45, 7) is 19.9. The second kappa shape index (κ2) is 11.6. The molecule has 3 rings (SSSR count). The van der Waals surface area contributed by atoms with Crippen LogP contribution in [0.15, 0.2) is 17.3 Å². The zero-order valence-electron chi connectivity index (χ0n) is 21.9. The molecule has 0 aliphatic carbocycles. The average Bonchev–Trinajstić information content (AvgIpc) is 3.15. The van der Waals surface area contributed by atoms with Crippen LogP contribution in [0.5, 0.6) is 0 Å². The fourth-order valence-electron chi connectivity index (χ4n) is 4.24. The van der Waals surface area contributed by atoms with E-state index in [1.54, 1.807) is 0 Å². The number of ether oxygens (including phenoxy) is 1. The number of morpholine rings is 1. The molecule has 8 heteroatoms. The van der Waals surface area contributed by atoms with Crippen LogP contribution in [0.2, 0.25) is 0 Å². The van der Waals surface area contributed by atoms with Crippen LogP contribution >= 0.6 is 11.8 Å². The number of aromatic nitrogens is 3. The first kappa shape index (κ1) is 26.5. The predicted molar refractivity (Wildman–Crippen MR) is 140 cm³/mol. The Kier molecular flexibility index (Phi) is 9.04. The molecule has 2 aromatic rings. The lowest BCUT2D eigenvalue weighted by Gasteiger charge is -2.28. The number of nitrogens with one attached hydrogen (secondary N) is 1. The maximum atomic E-state index is 12.6. The minimum absolute atomic E-state index is 0.0265. The normalized spacial score (nSPS) is 14.6. The van der Waals surface area contributed by atoms with Crippen molar-refractivity contribution in [1.29, 1.82) is 0 Å². The van der Waals surface area contributed by atoms with Crippen molar-refractivity contribution in [2.24, 2.45) is 5.92 Å². The number of aryl methyl sites for hydroxylation is 2. The summed E-state index contributed by atoms with van der Waals surface area (Å²) >= 11 is 1.46. The third-order valence-electron chi connectivity index (χ3n) is 6.13. The first-order valence-corrected chi connectivity index (χ1v) is 13.3. The Balaban J connectivity index is 1.56. The van der Waals surface area contributed by atoms with E-state index in [1.807, 2.05) is 0 Å². The Morgan fingerprint density at radius 1 is 1.15 bits per heavy atom. The van der Waals surface area contributed by atoms with Crippen molar-refractivity contribution in [3.63, 3.8) is 0 Å². The van der Waals surface area contributed by atoms with Gasteiger partial charge in [-0.05, 0) is 53.9 Å². The van der Waals surface area contributed by atoms with Gasteiger partial charge in [0.15, 0.2) is 5.16 Å². The Morgan fingerprint density at radius 2 is 1.79 bits per heavy atom. The Hall–Kier alpha value is -2.06. The number of nitrogens with zero attached hydrogens (tertiary/aromatic N) is 4. The number of amides is 1. The lowest BCUT2D eigenvalue weighted by Crippen LogP contribution is -2.38. The van der Waals surface area contributed by atoms with Crippen molar-refractivity contribution >= 4 is 23.6 Å². The molecule has 188 valence electrons. The molecule has 0 unspecified atom stereocenters. The second-order valence-electron chi connectivity index (χ2n) is 10.6. The maximum absolute atomic E-state index is 12.6. The van der Waals surface area contributed by atoms with Gasteiger partial charge in [0.1, 0.15) is 0 Å². The topological polar surface area (TPSA) is 72.3 Å². The van der Waals surface area contributed by atoms with E-state index in [0.717, 1.165) is 37.2 Å². The first-order chi connectivity index (χ1) is 16.1. The van der Waals surface area contributed by atoms with E-state index >= 15 is 0 Å². The van der Waals surface area contributed by atoms with Crippen molar-refractivity contribution in [2.75, 3.05) is 43.5 Å². The smallest absolute Gasteiger partial charge is 0.230 e. The highest BCUT2D eigenvalue weighted by Gasteiger charge is 2.22. The third-order valence-corrected chi connectivity index (χ3v) is 7.10. The molecule has 0 atom stereocenters. The van der Waals surface area contributed by atoms with Crippen LogP contribution in [-0.4, -0.2) is 59.3 Å². The Morgan fingerprint density at radius 3 is 2.38 bits per heavy atom. The van der Waals surface area contributed by atoms with Crippen LogP contribution < -0.4 is 10.2 Å². The molecular formula is C26H41N5O2S. The fraction of sp³-hybridized carbons (Fsp3) is 0.654. The quantitative estimate of drug-likeness (QED) is 0.536. The summed E-state index contributed by atoms with van der Waals surface area (Å²) in [6.07, 6.45) is 0.837. The summed E-state index contributed by atoms with van der Waals surface area (Å²) in [4.78, 5) is 14.8. The van der Waals surface area contributed by atoms with E-state index in [9.17, 15) is 4.79 Å². The average molecular weight is 488 g/mol. The molecule has 1 N–H and O–H groups in total. The zero-order chi connectivity index (χ0) is 24.9. The van der Waals surface area contributed by atoms with Gasteiger partial charge in [0.05, 0.1) is 19.0 Å². The van der Waals surface area contributed by atoms with Crippen LogP contribution in [-0.2, 0) is 27.9 Å². The fourth-order valence-corrected chi connectivity index (χ4v) is 5.01. The molecular weight excluding hydrogens is 446 g/mol. The summed E-state index contributed by atoms with van der Waals surface area (Å²) in [5.41, 5.74) is 5.41. The SMILES string of the molecule is Cc1cc(C(C)(C)C)cc(C)c1CCNC(=O)CSc1nnc(N2CCOCC2)n1CC(C)C. The number of carbonyl (C=O) groups excluding carboxylic acids is 1. The van der Waals surface area contributed by atoms with Gasteiger partial charge >= 0.3 is 0 Å². The van der Waals surface area contributed by atoms with Crippen LogP contribution in [0, 0.1) is 19.8 Å². The molecule has 0 radical (unpaired) electrons. The lowest BCUT2D eigenvalue weighted by molar-refractivity contribution is -0.118. The molecule has 0 bridgehead atoms. The molecule has 1 aliphatic rings. The van der Waals surface area contributed by atoms with Crippen LogP contribution in [0.1, 0.15) is 56.9 Å². The number of hydrogen-bond donors (Lipinski definition) is 1. The van der Waals surface area contributed by atoms with Crippen molar-refractivity contribution in [2.45, 2.75) is 72.0 Å². The van der Waals surface area contributed by atoms with Gasteiger partial charge in [-0.3, -0.25) is 9.36 Å². The van der Waals surface area contributed by atoms with E-state index in [2.05, 4.69) is 85.6 Å². The van der Waals surface area contributed by atoms with E-state index in [0.29, 0.717) is 31.4 Å². The molecule has 1 saturated heterocycles. The Labute approximate surface area is 209 Å². The molecule has 0 spiro atoms. The molecule has 7 nitrogen and oxygen atoms in total. The highest BCUT2D eigenvalue weighted by Crippen LogP contribution is 2.27. The number of rotatable bonds is 9. The number of anilines is 1. The van der Waals surface area contributed by atoms with Gasteiger partial charge < -0.3 is 15.0 Å². The van der Waals surface area contributed by atoms with Crippen molar-refractivity contribution in [3.8, 4) is 0 Å².